The fourth-order valence-corrected chi connectivity index (χ4v) is 2.54. The van der Waals surface area contributed by atoms with Crippen molar-refractivity contribution in [1.82, 2.24) is 5.32 Å². The van der Waals surface area contributed by atoms with E-state index in [1.807, 2.05) is 0 Å². The van der Waals surface area contributed by atoms with Gasteiger partial charge in [-0.25, -0.2) is 4.39 Å². The Balaban J connectivity index is 2.44. The Kier molecular flexibility index (Phi) is 7.29. The number of benzene rings is 1. The Morgan fingerprint density at radius 1 is 1.28 bits per heavy atom. The molecule has 1 aromatic rings. The normalized spacial score (nSPS) is 12.7. The third-order valence-corrected chi connectivity index (χ3v) is 3.53. The number of hydrogen-bond donors (Lipinski definition) is 1. The molecule has 1 unspecified atom stereocenters. The summed E-state index contributed by atoms with van der Waals surface area (Å²) in [6, 6.07) is 5.44. The second-order valence-corrected chi connectivity index (χ2v) is 5.04. The lowest BCUT2D eigenvalue weighted by Crippen LogP contribution is -2.28. The highest BCUT2D eigenvalue weighted by molar-refractivity contribution is 6.31. The van der Waals surface area contributed by atoms with Crippen LogP contribution in [0.4, 0.5) is 4.39 Å². The summed E-state index contributed by atoms with van der Waals surface area (Å²) in [6.07, 6.45) is 5.12. The molecule has 0 aliphatic rings. The zero-order valence-corrected chi connectivity index (χ0v) is 12.1. The van der Waals surface area contributed by atoms with Gasteiger partial charge in [-0.3, -0.25) is 0 Å². The van der Waals surface area contributed by atoms with Crippen LogP contribution in [0.2, 0.25) is 5.02 Å². The van der Waals surface area contributed by atoms with Crippen LogP contribution < -0.4 is 5.32 Å². The molecule has 1 aromatic carbocycles. The molecule has 0 heterocycles. The van der Waals surface area contributed by atoms with Gasteiger partial charge in [0.05, 0.1) is 0 Å². The highest BCUT2D eigenvalue weighted by Crippen LogP contribution is 2.21. The lowest BCUT2D eigenvalue weighted by atomic mass is 10.0. The third kappa shape index (κ3) is 4.95. The van der Waals surface area contributed by atoms with Crippen molar-refractivity contribution in [2.75, 3.05) is 6.54 Å². The number of halogens is 2. The Labute approximate surface area is 115 Å². The summed E-state index contributed by atoms with van der Waals surface area (Å²) in [4.78, 5) is 0. The van der Waals surface area contributed by atoms with Crippen LogP contribution >= 0.6 is 11.6 Å². The van der Waals surface area contributed by atoms with E-state index >= 15 is 0 Å². The standard InChI is InChI=1S/C15H23ClFN/c1-3-7-12(18-4-2)8-5-9-13-14(16)10-6-11-15(13)17/h6,10-12,18H,3-5,7-9H2,1-2H3. The first-order valence-electron chi connectivity index (χ1n) is 6.85. The van der Waals surface area contributed by atoms with E-state index in [9.17, 15) is 4.39 Å². The Morgan fingerprint density at radius 2 is 2.06 bits per heavy atom. The van der Waals surface area contributed by atoms with Crippen molar-refractivity contribution < 1.29 is 4.39 Å². The van der Waals surface area contributed by atoms with Crippen LogP contribution in [0.25, 0.3) is 0 Å². The summed E-state index contributed by atoms with van der Waals surface area (Å²) in [5.74, 6) is -0.182. The first kappa shape index (κ1) is 15.5. The van der Waals surface area contributed by atoms with Gasteiger partial charge < -0.3 is 5.32 Å². The summed E-state index contributed by atoms with van der Waals surface area (Å²) in [6.45, 7) is 5.31. The molecule has 1 rings (SSSR count). The van der Waals surface area contributed by atoms with Gasteiger partial charge in [-0.1, -0.05) is 37.9 Å². The molecule has 0 aliphatic carbocycles. The molecule has 1 N–H and O–H groups in total. The van der Waals surface area contributed by atoms with E-state index in [1.165, 1.54) is 18.9 Å². The second kappa shape index (κ2) is 8.49. The topological polar surface area (TPSA) is 12.0 Å². The van der Waals surface area contributed by atoms with E-state index in [0.717, 1.165) is 25.8 Å². The summed E-state index contributed by atoms with van der Waals surface area (Å²) in [5, 5.41) is 4.02. The monoisotopic (exact) mass is 271 g/mol. The SMILES string of the molecule is CCCC(CCCc1c(F)cccc1Cl)NCC. The van der Waals surface area contributed by atoms with Crippen LogP contribution in [0.1, 0.15) is 45.1 Å². The molecule has 18 heavy (non-hydrogen) atoms. The van der Waals surface area contributed by atoms with Gasteiger partial charge in [-0.05, 0) is 44.4 Å². The van der Waals surface area contributed by atoms with Crippen molar-refractivity contribution >= 4 is 11.6 Å². The van der Waals surface area contributed by atoms with E-state index in [1.54, 1.807) is 12.1 Å². The quantitative estimate of drug-likeness (QED) is 0.730. The molecule has 0 amide bonds. The second-order valence-electron chi connectivity index (χ2n) is 4.64. The average Bonchev–Trinajstić information content (AvgIpc) is 2.33. The zero-order chi connectivity index (χ0) is 13.4. The maximum Gasteiger partial charge on any atom is 0.127 e. The third-order valence-electron chi connectivity index (χ3n) is 3.17. The predicted octanol–water partition coefficient (Wildman–Crippen LogP) is 4.58. The fraction of sp³-hybridized carbons (Fsp3) is 0.600. The minimum Gasteiger partial charge on any atom is -0.314 e. The summed E-state index contributed by atoms with van der Waals surface area (Å²) >= 11 is 6.01. The maximum absolute atomic E-state index is 13.6. The molecule has 1 nitrogen and oxygen atoms in total. The van der Waals surface area contributed by atoms with E-state index in [0.29, 0.717) is 16.6 Å². The molecule has 0 radical (unpaired) electrons. The van der Waals surface area contributed by atoms with E-state index in [2.05, 4.69) is 19.2 Å². The van der Waals surface area contributed by atoms with Gasteiger partial charge in [-0.15, -0.1) is 0 Å². The van der Waals surface area contributed by atoms with Crippen molar-refractivity contribution in [3.05, 3.63) is 34.6 Å². The first-order valence-corrected chi connectivity index (χ1v) is 7.23. The van der Waals surface area contributed by atoms with Gasteiger partial charge in [0, 0.05) is 16.6 Å². The molecule has 0 spiro atoms. The first-order chi connectivity index (χ1) is 8.69. The highest BCUT2D eigenvalue weighted by atomic mass is 35.5. The highest BCUT2D eigenvalue weighted by Gasteiger charge is 2.09. The van der Waals surface area contributed by atoms with E-state index < -0.39 is 0 Å². The van der Waals surface area contributed by atoms with Gasteiger partial charge in [0.15, 0.2) is 0 Å². The molecular weight excluding hydrogens is 249 g/mol. The molecule has 0 fully saturated rings. The molecular formula is C15H23ClFN. The molecule has 0 bridgehead atoms. The van der Waals surface area contributed by atoms with E-state index in [-0.39, 0.29) is 5.82 Å². The number of hydrogen-bond acceptors (Lipinski definition) is 1. The lowest BCUT2D eigenvalue weighted by molar-refractivity contribution is 0.445. The minimum absolute atomic E-state index is 0.182. The Hall–Kier alpha value is -0.600. The molecule has 0 saturated heterocycles. The average molecular weight is 272 g/mol. The van der Waals surface area contributed by atoms with Gasteiger partial charge in [-0.2, -0.15) is 0 Å². The van der Waals surface area contributed by atoms with Crippen LogP contribution in [0.5, 0.6) is 0 Å². The molecule has 1 atom stereocenters. The minimum atomic E-state index is -0.182. The van der Waals surface area contributed by atoms with Crippen LogP contribution in [-0.2, 0) is 6.42 Å². The van der Waals surface area contributed by atoms with Crippen molar-refractivity contribution in [1.29, 1.82) is 0 Å². The smallest absolute Gasteiger partial charge is 0.127 e. The predicted molar refractivity (Wildman–Crippen MR) is 76.7 cm³/mol. The molecule has 0 aliphatic heterocycles. The molecule has 0 saturated carbocycles. The lowest BCUT2D eigenvalue weighted by Gasteiger charge is -2.17. The van der Waals surface area contributed by atoms with Gasteiger partial charge in [0.2, 0.25) is 0 Å². The molecule has 102 valence electrons. The summed E-state index contributed by atoms with van der Waals surface area (Å²) in [5.41, 5.74) is 0.658. The van der Waals surface area contributed by atoms with Crippen molar-refractivity contribution in [2.45, 2.75) is 52.0 Å². The van der Waals surface area contributed by atoms with Gasteiger partial charge in [0.25, 0.3) is 0 Å². The van der Waals surface area contributed by atoms with Gasteiger partial charge in [0.1, 0.15) is 5.82 Å². The van der Waals surface area contributed by atoms with Crippen molar-refractivity contribution in [3.63, 3.8) is 0 Å². The Morgan fingerprint density at radius 3 is 2.67 bits per heavy atom. The van der Waals surface area contributed by atoms with Crippen molar-refractivity contribution in [3.8, 4) is 0 Å². The van der Waals surface area contributed by atoms with Gasteiger partial charge >= 0.3 is 0 Å². The van der Waals surface area contributed by atoms with Crippen LogP contribution in [0.3, 0.4) is 0 Å². The largest absolute Gasteiger partial charge is 0.314 e. The van der Waals surface area contributed by atoms with E-state index in [4.69, 9.17) is 11.6 Å². The Bertz CT molecular complexity index is 328. The van der Waals surface area contributed by atoms with Crippen molar-refractivity contribution in [2.24, 2.45) is 0 Å². The maximum atomic E-state index is 13.6. The summed E-state index contributed by atoms with van der Waals surface area (Å²) in [7, 11) is 0. The molecule has 0 aromatic heterocycles. The zero-order valence-electron chi connectivity index (χ0n) is 11.3. The number of nitrogens with one attached hydrogen (secondary N) is 1. The summed E-state index contributed by atoms with van der Waals surface area (Å²) < 4.78 is 13.6. The van der Waals surface area contributed by atoms with Crippen LogP contribution in [0, 0.1) is 5.82 Å². The van der Waals surface area contributed by atoms with Crippen LogP contribution in [0.15, 0.2) is 18.2 Å². The molecule has 3 heteroatoms. The van der Waals surface area contributed by atoms with Crippen LogP contribution in [-0.4, -0.2) is 12.6 Å². The fourth-order valence-electron chi connectivity index (χ4n) is 2.28. The number of rotatable bonds is 8.